The van der Waals surface area contributed by atoms with E-state index in [-0.39, 0.29) is 5.69 Å². The number of pyridine rings is 1. The molecule has 0 bridgehead atoms. The lowest BCUT2D eigenvalue weighted by molar-refractivity contribution is 0.0690. The summed E-state index contributed by atoms with van der Waals surface area (Å²) in [5.74, 6) is -0.356. The highest BCUT2D eigenvalue weighted by molar-refractivity contribution is 7.80. The molecule has 1 aromatic heterocycles. The summed E-state index contributed by atoms with van der Waals surface area (Å²) in [5.41, 5.74) is 0.932. The maximum absolute atomic E-state index is 10.4. The zero-order valence-electron chi connectivity index (χ0n) is 6.84. The SMILES string of the molecule is O=C(O)c1ccc(C=CCS)cn1. The van der Waals surface area contributed by atoms with E-state index >= 15 is 0 Å². The van der Waals surface area contributed by atoms with Crippen LogP contribution < -0.4 is 0 Å². The summed E-state index contributed by atoms with van der Waals surface area (Å²) in [5, 5.41) is 8.56. The zero-order chi connectivity index (χ0) is 9.68. The zero-order valence-corrected chi connectivity index (χ0v) is 7.74. The average molecular weight is 195 g/mol. The molecule has 0 aliphatic carbocycles. The molecule has 0 fully saturated rings. The van der Waals surface area contributed by atoms with Crippen molar-refractivity contribution in [2.24, 2.45) is 0 Å². The molecule has 1 N–H and O–H groups in total. The molecule has 4 heteroatoms. The smallest absolute Gasteiger partial charge is 0.354 e. The van der Waals surface area contributed by atoms with Crippen LogP contribution in [0.25, 0.3) is 6.08 Å². The van der Waals surface area contributed by atoms with Crippen molar-refractivity contribution in [2.45, 2.75) is 0 Å². The summed E-state index contributed by atoms with van der Waals surface area (Å²) in [6.07, 6.45) is 5.22. The second-order valence-corrected chi connectivity index (χ2v) is 2.73. The van der Waals surface area contributed by atoms with Crippen LogP contribution in [-0.4, -0.2) is 21.8 Å². The predicted molar refractivity (Wildman–Crippen MR) is 54.1 cm³/mol. The maximum Gasteiger partial charge on any atom is 0.354 e. The molecular formula is C9H9NO2S. The minimum Gasteiger partial charge on any atom is -0.477 e. The highest BCUT2D eigenvalue weighted by atomic mass is 32.1. The Morgan fingerprint density at radius 3 is 2.85 bits per heavy atom. The van der Waals surface area contributed by atoms with Crippen LogP contribution >= 0.6 is 12.6 Å². The van der Waals surface area contributed by atoms with Gasteiger partial charge in [0.1, 0.15) is 5.69 Å². The van der Waals surface area contributed by atoms with Crippen molar-refractivity contribution in [1.29, 1.82) is 0 Å². The first-order chi connectivity index (χ1) is 6.24. The van der Waals surface area contributed by atoms with Crippen molar-refractivity contribution in [3.8, 4) is 0 Å². The monoisotopic (exact) mass is 195 g/mol. The fourth-order valence-corrected chi connectivity index (χ4v) is 0.925. The van der Waals surface area contributed by atoms with Crippen LogP contribution in [0.1, 0.15) is 16.1 Å². The summed E-state index contributed by atoms with van der Waals surface area (Å²) in [6.45, 7) is 0. The van der Waals surface area contributed by atoms with Crippen LogP contribution in [0.2, 0.25) is 0 Å². The van der Waals surface area contributed by atoms with E-state index in [1.807, 2.05) is 12.2 Å². The van der Waals surface area contributed by atoms with Gasteiger partial charge in [0.05, 0.1) is 0 Å². The van der Waals surface area contributed by atoms with Gasteiger partial charge in [-0.15, -0.1) is 0 Å². The number of carbonyl (C=O) groups is 1. The van der Waals surface area contributed by atoms with Gasteiger partial charge in [-0.1, -0.05) is 18.2 Å². The van der Waals surface area contributed by atoms with E-state index in [9.17, 15) is 4.79 Å². The van der Waals surface area contributed by atoms with Crippen molar-refractivity contribution >= 4 is 24.7 Å². The van der Waals surface area contributed by atoms with Gasteiger partial charge in [-0.05, 0) is 11.6 Å². The molecule has 0 aliphatic heterocycles. The Bertz CT molecular complexity index is 319. The molecule has 1 aromatic rings. The van der Waals surface area contributed by atoms with Gasteiger partial charge in [-0.25, -0.2) is 9.78 Å². The number of rotatable bonds is 3. The molecule has 13 heavy (non-hydrogen) atoms. The first-order valence-electron chi connectivity index (χ1n) is 3.71. The molecule has 0 aromatic carbocycles. The van der Waals surface area contributed by atoms with Crippen LogP contribution in [-0.2, 0) is 0 Å². The summed E-state index contributed by atoms with van der Waals surface area (Å²) >= 11 is 4.00. The Morgan fingerprint density at radius 2 is 2.38 bits per heavy atom. The standard InChI is InChI=1S/C9H9NO2S/c11-9(12)8-4-3-7(6-10-8)2-1-5-13/h1-4,6,13H,5H2,(H,11,12). The van der Waals surface area contributed by atoms with Crippen molar-refractivity contribution in [3.05, 3.63) is 35.7 Å². The van der Waals surface area contributed by atoms with Crippen molar-refractivity contribution in [1.82, 2.24) is 4.98 Å². The molecule has 0 amide bonds. The first-order valence-corrected chi connectivity index (χ1v) is 4.34. The number of nitrogens with zero attached hydrogens (tertiary/aromatic N) is 1. The Kier molecular flexibility index (Phi) is 3.52. The number of carboxylic acids is 1. The lowest BCUT2D eigenvalue weighted by atomic mass is 10.2. The normalized spacial score (nSPS) is 10.5. The van der Waals surface area contributed by atoms with Gasteiger partial charge in [-0.3, -0.25) is 0 Å². The van der Waals surface area contributed by atoms with Gasteiger partial charge in [0, 0.05) is 11.9 Å². The number of thiol groups is 1. The van der Waals surface area contributed by atoms with E-state index in [0.29, 0.717) is 5.75 Å². The highest BCUT2D eigenvalue weighted by Gasteiger charge is 2.01. The average Bonchev–Trinajstić information content (AvgIpc) is 2.15. The second kappa shape index (κ2) is 4.67. The maximum atomic E-state index is 10.4. The summed E-state index contributed by atoms with van der Waals surface area (Å²) < 4.78 is 0. The lowest BCUT2D eigenvalue weighted by Crippen LogP contribution is -1.98. The molecule has 0 radical (unpaired) electrons. The number of hydrogen-bond acceptors (Lipinski definition) is 3. The molecule has 0 unspecified atom stereocenters. The number of aromatic nitrogens is 1. The van der Waals surface area contributed by atoms with Crippen LogP contribution in [0.5, 0.6) is 0 Å². The Morgan fingerprint density at radius 1 is 1.62 bits per heavy atom. The summed E-state index contributed by atoms with van der Waals surface area (Å²) in [6, 6.07) is 3.18. The van der Waals surface area contributed by atoms with Gasteiger partial charge in [0.15, 0.2) is 0 Å². The van der Waals surface area contributed by atoms with Crippen LogP contribution in [0.4, 0.5) is 0 Å². The molecule has 3 nitrogen and oxygen atoms in total. The van der Waals surface area contributed by atoms with Gasteiger partial charge in [-0.2, -0.15) is 12.6 Å². The summed E-state index contributed by atoms with van der Waals surface area (Å²) in [4.78, 5) is 14.2. The first kappa shape index (κ1) is 9.80. The lowest BCUT2D eigenvalue weighted by Gasteiger charge is -1.94. The van der Waals surface area contributed by atoms with Gasteiger partial charge >= 0.3 is 5.97 Å². The van der Waals surface area contributed by atoms with Crippen LogP contribution in [0.15, 0.2) is 24.4 Å². The molecule has 0 atom stereocenters. The molecule has 0 saturated carbocycles. The minimum atomic E-state index is -1.01. The van der Waals surface area contributed by atoms with E-state index in [0.717, 1.165) is 5.56 Å². The van der Waals surface area contributed by atoms with E-state index in [1.54, 1.807) is 6.07 Å². The van der Waals surface area contributed by atoms with E-state index < -0.39 is 5.97 Å². The van der Waals surface area contributed by atoms with E-state index in [2.05, 4.69) is 17.6 Å². The third-order valence-electron chi connectivity index (χ3n) is 1.42. The third kappa shape index (κ3) is 2.91. The number of hydrogen-bond donors (Lipinski definition) is 2. The fraction of sp³-hybridized carbons (Fsp3) is 0.111. The Hall–Kier alpha value is -1.29. The molecule has 68 valence electrons. The topological polar surface area (TPSA) is 50.2 Å². The number of aromatic carboxylic acids is 1. The summed E-state index contributed by atoms with van der Waals surface area (Å²) in [7, 11) is 0. The Balaban J connectivity index is 2.81. The van der Waals surface area contributed by atoms with E-state index in [1.165, 1.54) is 12.3 Å². The molecule has 1 heterocycles. The molecular weight excluding hydrogens is 186 g/mol. The molecule has 0 aliphatic rings. The van der Waals surface area contributed by atoms with Gasteiger partial charge < -0.3 is 5.11 Å². The van der Waals surface area contributed by atoms with Gasteiger partial charge in [0.25, 0.3) is 0 Å². The van der Waals surface area contributed by atoms with E-state index in [4.69, 9.17) is 5.11 Å². The van der Waals surface area contributed by atoms with Crippen molar-refractivity contribution in [2.75, 3.05) is 5.75 Å². The largest absolute Gasteiger partial charge is 0.477 e. The van der Waals surface area contributed by atoms with Crippen LogP contribution in [0.3, 0.4) is 0 Å². The Labute approximate surface area is 81.5 Å². The minimum absolute atomic E-state index is 0.0584. The molecule has 0 spiro atoms. The quantitative estimate of drug-likeness (QED) is 0.722. The molecule has 1 rings (SSSR count). The number of carboxylic acid groups (broad SMARTS) is 1. The second-order valence-electron chi connectivity index (χ2n) is 2.37. The highest BCUT2D eigenvalue weighted by Crippen LogP contribution is 2.02. The van der Waals surface area contributed by atoms with Crippen molar-refractivity contribution < 1.29 is 9.90 Å². The van der Waals surface area contributed by atoms with Crippen LogP contribution in [0, 0.1) is 0 Å². The third-order valence-corrected chi connectivity index (χ3v) is 1.63. The van der Waals surface area contributed by atoms with Crippen molar-refractivity contribution in [3.63, 3.8) is 0 Å². The predicted octanol–water partition coefficient (Wildman–Crippen LogP) is 1.72. The van der Waals surface area contributed by atoms with Gasteiger partial charge in [0.2, 0.25) is 0 Å². The fourth-order valence-electron chi connectivity index (χ4n) is 0.819. The molecule has 0 saturated heterocycles.